The zero-order valence-electron chi connectivity index (χ0n) is 12.0. The number of halogens is 1. The van der Waals surface area contributed by atoms with Crippen LogP contribution in [0.2, 0.25) is 5.15 Å². The van der Waals surface area contributed by atoms with Gasteiger partial charge in [-0.15, -0.1) is 11.3 Å². The quantitative estimate of drug-likeness (QED) is 0.780. The fraction of sp³-hybridized carbons (Fsp3) is 0.600. The molecular formula is C15H20ClN3S. The van der Waals surface area contributed by atoms with Crippen molar-refractivity contribution in [3.8, 4) is 0 Å². The van der Waals surface area contributed by atoms with Crippen LogP contribution in [0.4, 0.5) is 5.95 Å². The summed E-state index contributed by atoms with van der Waals surface area (Å²) in [5.41, 5.74) is 0. The van der Waals surface area contributed by atoms with Crippen molar-refractivity contribution in [2.45, 2.75) is 39.5 Å². The van der Waals surface area contributed by atoms with Crippen LogP contribution in [0.3, 0.4) is 0 Å². The van der Waals surface area contributed by atoms with Crippen LogP contribution in [0.25, 0.3) is 10.2 Å². The van der Waals surface area contributed by atoms with E-state index in [1.807, 2.05) is 0 Å². The van der Waals surface area contributed by atoms with E-state index in [1.165, 1.54) is 17.7 Å². The maximum Gasteiger partial charge on any atom is 0.228 e. The molecule has 0 bridgehead atoms. The zero-order valence-corrected chi connectivity index (χ0v) is 13.6. The average molecular weight is 310 g/mol. The van der Waals surface area contributed by atoms with Crippen molar-refractivity contribution in [1.82, 2.24) is 9.97 Å². The van der Waals surface area contributed by atoms with E-state index in [1.54, 1.807) is 11.3 Å². The summed E-state index contributed by atoms with van der Waals surface area (Å²) in [6, 6.07) is 2.15. The van der Waals surface area contributed by atoms with E-state index in [2.05, 4.69) is 29.8 Å². The van der Waals surface area contributed by atoms with Crippen molar-refractivity contribution in [1.29, 1.82) is 0 Å². The third-order valence-corrected chi connectivity index (χ3v) is 5.20. The highest BCUT2D eigenvalue weighted by molar-refractivity contribution is 7.18. The van der Waals surface area contributed by atoms with E-state index in [-0.39, 0.29) is 0 Å². The Kier molecular flexibility index (Phi) is 4.13. The largest absolute Gasteiger partial charge is 0.340 e. The lowest BCUT2D eigenvalue weighted by molar-refractivity contribution is 0.442. The molecule has 2 aromatic heterocycles. The van der Waals surface area contributed by atoms with Crippen molar-refractivity contribution in [2.75, 3.05) is 18.0 Å². The molecule has 20 heavy (non-hydrogen) atoms. The first kappa shape index (κ1) is 14.1. The highest BCUT2D eigenvalue weighted by Crippen LogP contribution is 2.32. The molecule has 1 unspecified atom stereocenters. The van der Waals surface area contributed by atoms with Gasteiger partial charge in [-0.25, -0.2) is 9.97 Å². The van der Waals surface area contributed by atoms with Gasteiger partial charge in [0.1, 0.15) is 9.98 Å². The molecule has 108 valence electrons. The lowest BCUT2D eigenvalue weighted by atomic mass is 10.0. The highest BCUT2D eigenvalue weighted by atomic mass is 35.5. The highest BCUT2D eigenvalue weighted by Gasteiger charge is 2.20. The Hall–Kier alpha value is -0.870. The minimum atomic E-state index is 0.599. The van der Waals surface area contributed by atoms with Crippen molar-refractivity contribution < 1.29 is 0 Å². The second-order valence-corrected chi connectivity index (χ2v) is 7.16. The Morgan fingerprint density at radius 1 is 1.45 bits per heavy atom. The van der Waals surface area contributed by atoms with Gasteiger partial charge in [-0.3, -0.25) is 0 Å². The van der Waals surface area contributed by atoms with Crippen LogP contribution in [0, 0.1) is 5.92 Å². The van der Waals surface area contributed by atoms with Gasteiger partial charge in [0, 0.05) is 23.4 Å². The number of rotatable bonds is 3. The molecule has 3 nitrogen and oxygen atoms in total. The van der Waals surface area contributed by atoms with Gasteiger partial charge in [-0.1, -0.05) is 31.9 Å². The van der Waals surface area contributed by atoms with Crippen LogP contribution in [-0.4, -0.2) is 23.1 Å². The number of thiophene rings is 1. The summed E-state index contributed by atoms with van der Waals surface area (Å²) in [4.78, 5) is 13.9. The van der Waals surface area contributed by atoms with E-state index >= 15 is 0 Å². The first-order chi connectivity index (χ1) is 9.67. The lowest BCUT2D eigenvalue weighted by Crippen LogP contribution is -2.35. The normalized spacial score (nSPS) is 19.8. The first-order valence-corrected chi connectivity index (χ1v) is 8.57. The van der Waals surface area contributed by atoms with Gasteiger partial charge in [-0.2, -0.15) is 0 Å². The second-order valence-electron chi connectivity index (χ2n) is 5.69. The Morgan fingerprint density at radius 3 is 3.05 bits per heavy atom. The fourth-order valence-electron chi connectivity index (χ4n) is 2.81. The first-order valence-electron chi connectivity index (χ1n) is 7.38. The molecule has 1 aliphatic rings. The Balaban J connectivity index is 1.95. The molecule has 1 aliphatic heterocycles. The van der Waals surface area contributed by atoms with Gasteiger partial charge in [0.25, 0.3) is 0 Å². The standard InChI is InChI=1S/C15H20ClN3S/c1-3-5-11-8-12-13(16)17-15(18-14(12)20-11)19-7-4-6-10(2)9-19/h8,10H,3-7,9H2,1-2H3. The van der Waals surface area contributed by atoms with E-state index in [0.717, 1.165) is 42.1 Å². The molecule has 2 aromatic rings. The van der Waals surface area contributed by atoms with Crippen LogP contribution >= 0.6 is 22.9 Å². The predicted octanol–water partition coefficient (Wildman–Crippen LogP) is 4.53. The summed E-state index contributed by atoms with van der Waals surface area (Å²) in [7, 11) is 0. The summed E-state index contributed by atoms with van der Waals surface area (Å²) in [5, 5.41) is 1.61. The maximum atomic E-state index is 6.36. The number of piperidine rings is 1. The molecule has 0 radical (unpaired) electrons. The number of nitrogens with zero attached hydrogens (tertiary/aromatic N) is 3. The number of fused-ring (bicyclic) bond motifs is 1. The molecular weight excluding hydrogens is 290 g/mol. The van der Waals surface area contributed by atoms with Crippen LogP contribution < -0.4 is 4.90 Å². The smallest absolute Gasteiger partial charge is 0.228 e. The molecule has 1 atom stereocenters. The molecule has 3 heterocycles. The summed E-state index contributed by atoms with van der Waals surface area (Å²) < 4.78 is 0. The number of hydrogen-bond acceptors (Lipinski definition) is 4. The number of aryl methyl sites for hydroxylation is 1. The van der Waals surface area contributed by atoms with Crippen LogP contribution in [0.5, 0.6) is 0 Å². The third-order valence-electron chi connectivity index (χ3n) is 3.82. The molecule has 0 saturated carbocycles. The summed E-state index contributed by atoms with van der Waals surface area (Å²) in [6.45, 7) is 6.56. The molecule has 1 fully saturated rings. The summed E-state index contributed by atoms with van der Waals surface area (Å²) in [6.07, 6.45) is 4.75. The number of anilines is 1. The van der Waals surface area contributed by atoms with Crippen LogP contribution in [-0.2, 0) is 6.42 Å². The van der Waals surface area contributed by atoms with E-state index < -0.39 is 0 Å². The van der Waals surface area contributed by atoms with E-state index in [4.69, 9.17) is 16.6 Å². The maximum absolute atomic E-state index is 6.36. The molecule has 0 amide bonds. The van der Waals surface area contributed by atoms with Crippen molar-refractivity contribution in [2.24, 2.45) is 5.92 Å². The SMILES string of the molecule is CCCc1cc2c(Cl)nc(N3CCCC(C)C3)nc2s1. The van der Waals surface area contributed by atoms with Gasteiger partial charge in [0.2, 0.25) is 5.95 Å². The zero-order chi connectivity index (χ0) is 14.1. The van der Waals surface area contributed by atoms with Crippen molar-refractivity contribution in [3.05, 3.63) is 16.1 Å². The molecule has 0 N–H and O–H groups in total. The van der Waals surface area contributed by atoms with Crippen molar-refractivity contribution >= 4 is 39.1 Å². The minimum Gasteiger partial charge on any atom is -0.340 e. The predicted molar refractivity (Wildman–Crippen MR) is 87.0 cm³/mol. The Labute approximate surface area is 129 Å². The second kappa shape index (κ2) is 5.86. The molecule has 3 rings (SSSR count). The van der Waals surface area contributed by atoms with E-state index in [0.29, 0.717) is 11.1 Å². The molecule has 0 aromatic carbocycles. The van der Waals surface area contributed by atoms with Gasteiger partial charge in [-0.05, 0) is 31.2 Å². The summed E-state index contributed by atoms with van der Waals surface area (Å²) in [5.74, 6) is 1.51. The topological polar surface area (TPSA) is 29.0 Å². The Bertz CT molecular complexity index is 610. The summed E-state index contributed by atoms with van der Waals surface area (Å²) >= 11 is 8.11. The van der Waals surface area contributed by atoms with Crippen molar-refractivity contribution in [3.63, 3.8) is 0 Å². The molecule has 0 spiro atoms. The van der Waals surface area contributed by atoms with Gasteiger partial charge in [0.05, 0.1) is 0 Å². The molecule has 5 heteroatoms. The van der Waals surface area contributed by atoms with Gasteiger partial charge >= 0.3 is 0 Å². The van der Waals surface area contributed by atoms with Crippen LogP contribution in [0.1, 0.15) is 38.0 Å². The molecule has 1 saturated heterocycles. The van der Waals surface area contributed by atoms with Gasteiger partial charge < -0.3 is 4.90 Å². The minimum absolute atomic E-state index is 0.599. The average Bonchev–Trinajstić information content (AvgIpc) is 2.82. The number of aromatic nitrogens is 2. The number of hydrogen-bond donors (Lipinski definition) is 0. The fourth-order valence-corrected chi connectivity index (χ4v) is 4.21. The van der Waals surface area contributed by atoms with E-state index in [9.17, 15) is 0 Å². The Morgan fingerprint density at radius 2 is 2.30 bits per heavy atom. The molecule has 0 aliphatic carbocycles. The van der Waals surface area contributed by atoms with Crippen LogP contribution in [0.15, 0.2) is 6.07 Å². The monoisotopic (exact) mass is 309 g/mol. The van der Waals surface area contributed by atoms with Gasteiger partial charge in [0.15, 0.2) is 0 Å². The third kappa shape index (κ3) is 2.77. The lowest BCUT2D eigenvalue weighted by Gasteiger charge is -2.30.